The van der Waals surface area contributed by atoms with Crippen molar-refractivity contribution in [1.29, 1.82) is 0 Å². The Morgan fingerprint density at radius 1 is 1.15 bits per heavy atom. The van der Waals surface area contributed by atoms with Gasteiger partial charge in [0, 0.05) is 12.1 Å². The number of halogens is 2. The Labute approximate surface area is 161 Å². The second kappa shape index (κ2) is 8.43. The number of carbonyl (C=O) groups excluding carboxylic acids is 2. The Balaban J connectivity index is 1.48. The van der Waals surface area contributed by atoms with Crippen molar-refractivity contribution < 1.29 is 14.3 Å². The number of nitrogens with zero attached hydrogens (tertiary/aromatic N) is 1. The lowest BCUT2D eigenvalue weighted by Gasteiger charge is -2.14. The summed E-state index contributed by atoms with van der Waals surface area (Å²) in [7, 11) is 0. The summed E-state index contributed by atoms with van der Waals surface area (Å²) in [5.41, 5.74) is 1.73. The van der Waals surface area contributed by atoms with Crippen molar-refractivity contribution in [3.63, 3.8) is 0 Å². The van der Waals surface area contributed by atoms with E-state index in [1.54, 1.807) is 18.2 Å². The number of carbonyl (C=O) groups is 2. The van der Waals surface area contributed by atoms with E-state index < -0.39 is 12.2 Å². The molecular weight excluding hydrogens is 375 g/mol. The number of cyclic esters (lactones) is 1. The molecule has 26 heavy (non-hydrogen) atoms. The number of hydrogen-bond donors (Lipinski definition) is 1. The molecule has 0 aliphatic carbocycles. The van der Waals surface area contributed by atoms with Crippen molar-refractivity contribution in [2.75, 3.05) is 18.0 Å². The first-order valence-electron chi connectivity index (χ1n) is 8.27. The number of hydrogen-bond acceptors (Lipinski definition) is 3. The molecule has 2 amide bonds. The Hall–Kier alpha value is -2.24. The Bertz CT molecular complexity index is 799. The average Bonchev–Trinajstić information content (AvgIpc) is 3.02. The van der Waals surface area contributed by atoms with Crippen molar-refractivity contribution in [2.24, 2.45) is 0 Å². The summed E-state index contributed by atoms with van der Waals surface area (Å²) in [6.45, 7) is 0.618. The normalized spacial score (nSPS) is 16.5. The van der Waals surface area contributed by atoms with E-state index in [1.165, 1.54) is 4.90 Å². The SMILES string of the molecule is O=C(CCc1ccccc1)NC[C@@H]1CN(c2ccc(Cl)c(Cl)c2)C(=O)O1. The second-order valence-corrected chi connectivity index (χ2v) is 6.82. The van der Waals surface area contributed by atoms with Crippen LogP contribution in [-0.2, 0) is 16.0 Å². The molecule has 0 aromatic heterocycles. The molecule has 0 bridgehead atoms. The van der Waals surface area contributed by atoms with Gasteiger partial charge in [-0.15, -0.1) is 0 Å². The maximum absolute atomic E-state index is 12.1. The van der Waals surface area contributed by atoms with E-state index in [9.17, 15) is 9.59 Å². The highest BCUT2D eigenvalue weighted by Gasteiger charge is 2.32. The molecule has 0 spiro atoms. The molecule has 0 saturated carbocycles. The minimum absolute atomic E-state index is 0.0714. The summed E-state index contributed by atoms with van der Waals surface area (Å²) >= 11 is 11.9. The van der Waals surface area contributed by atoms with Crippen LogP contribution in [-0.4, -0.2) is 31.2 Å². The molecule has 2 aromatic carbocycles. The molecule has 7 heteroatoms. The highest BCUT2D eigenvalue weighted by molar-refractivity contribution is 6.42. The van der Waals surface area contributed by atoms with Crippen LogP contribution < -0.4 is 10.2 Å². The lowest BCUT2D eigenvalue weighted by atomic mass is 10.1. The molecule has 0 radical (unpaired) electrons. The number of anilines is 1. The van der Waals surface area contributed by atoms with Gasteiger partial charge in [-0.1, -0.05) is 53.5 Å². The van der Waals surface area contributed by atoms with Gasteiger partial charge < -0.3 is 10.1 Å². The fourth-order valence-electron chi connectivity index (χ4n) is 2.71. The standard InChI is InChI=1S/C19H18Cl2N2O3/c20-16-8-7-14(10-17(16)21)23-12-15(26-19(23)25)11-22-18(24)9-6-13-4-2-1-3-5-13/h1-5,7-8,10,15H,6,9,11-12H2,(H,22,24)/t15-/m1/s1. The third kappa shape index (κ3) is 4.68. The fraction of sp³-hybridized carbons (Fsp3) is 0.263. The summed E-state index contributed by atoms with van der Waals surface area (Å²) in [5, 5.41) is 3.61. The van der Waals surface area contributed by atoms with E-state index in [0.29, 0.717) is 35.1 Å². The largest absolute Gasteiger partial charge is 0.442 e. The van der Waals surface area contributed by atoms with Crippen molar-refractivity contribution in [1.82, 2.24) is 5.32 Å². The van der Waals surface area contributed by atoms with Gasteiger partial charge in [-0.3, -0.25) is 9.69 Å². The smallest absolute Gasteiger partial charge is 0.414 e. The van der Waals surface area contributed by atoms with E-state index in [1.807, 2.05) is 30.3 Å². The summed E-state index contributed by atoms with van der Waals surface area (Å²) in [4.78, 5) is 25.5. The molecule has 1 saturated heterocycles. The molecule has 1 aliphatic rings. The quantitative estimate of drug-likeness (QED) is 0.805. The van der Waals surface area contributed by atoms with E-state index in [4.69, 9.17) is 27.9 Å². The van der Waals surface area contributed by atoms with E-state index in [0.717, 1.165) is 5.56 Å². The minimum Gasteiger partial charge on any atom is -0.442 e. The zero-order valence-electron chi connectivity index (χ0n) is 14.0. The van der Waals surface area contributed by atoms with Crippen LogP contribution in [0.5, 0.6) is 0 Å². The molecule has 2 aromatic rings. The van der Waals surface area contributed by atoms with Gasteiger partial charge in [0.05, 0.1) is 23.1 Å². The fourth-order valence-corrected chi connectivity index (χ4v) is 3.00. The van der Waals surface area contributed by atoms with Gasteiger partial charge in [0.1, 0.15) is 6.10 Å². The molecule has 0 unspecified atom stereocenters. The zero-order chi connectivity index (χ0) is 18.5. The van der Waals surface area contributed by atoms with Gasteiger partial charge in [0.15, 0.2) is 0 Å². The minimum atomic E-state index is -0.466. The molecule has 1 heterocycles. The summed E-state index contributed by atoms with van der Waals surface area (Å²) in [6, 6.07) is 14.8. The summed E-state index contributed by atoms with van der Waals surface area (Å²) in [5.74, 6) is -0.0714. The third-order valence-electron chi connectivity index (χ3n) is 4.10. The van der Waals surface area contributed by atoms with Crippen LogP contribution in [0.3, 0.4) is 0 Å². The van der Waals surface area contributed by atoms with Crippen molar-refractivity contribution in [3.8, 4) is 0 Å². The summed E-state index contributed by atoms with van der Waals surface area (Å²) < 4.78 is 5.31. The summed E-state index contributed by atoms with van der Waals surface area (Å²) in [6.07, 6.45) is 0.192. The van der Waals surface area contributed by atoms with Gasteiger partial charge in [-0.25, -0.2) is 4.79 Å². The van der Waals surface area contributed by atoms with Gasteiger partial charge in [-0.05, 0) is 30.2 Å². The molecule has 1 N–H and O–H groups in total. The van der Waals surface area contributed by atoms with Crippen LogP contribution in [0.25, 0.3) is 0 Å². The third-order valence-corrected chi connectivity index (χ3v) is 4.84. The predicted molar refractivity (Wildman–Crippen MR) is 102 cm³/mol. The van der Waals surface area contributed by atoms with E-state index in [-0.39, 0.29) is 12.5 Å². The zero-order valence-corrected chi connectivity index (χ0v) is 15.5. The highest BCUT2D eigenvalue weighted by atomic mass is 35.5. The predicted octanol–water partition coefficient (Wildman–Crippen LogP) is 4.07. The molecule has 5 nitrogen and oxygen atoms in total. The maximum atomic E-state index is 12.1. The number of aryl methyl sites for hydroxylation is 1. The van der Waals surface area contributed by atoms with Gasteiger partial charge in [0.2, 0.25) is 5.91 Å². The van der Waals surface area contributed by atoms with Crippen molar-refractivity contribution in [2.45, 2.75) is 18.9 Å². The number of amides is 2. The topological polar surface area (TPSA) is 58.6 Å². The first kappa shape index (κ1) is 18.5. The molecule has 1 atom stereocenters. The van der Waals surface area contributed by atoms with Crippen LogP contribution in [0.1, 0.15) is 12.0 Å². The van der Waals surface area contributed by atoms with E-state index in [2.05, 4.69) is 5.32 Å². The van der Waals surface area contributed by atoms with Crippen LogP contribution in [0.2, 0.25) is 10.0 Å². The van der Waals surface area contributed by atoms with Crippen LogP contribution in [0.4, 0.5) is 10.5 Å². The number of ether oxygens (including phenoxy) is 1. The Kier molecular flexibility index (Phi) is 6.01. The lowest BCUT2D eigenvalue weighted by Crippen LogP contribution is -2.34. The highest BCUT2D eigenvalue weighted by Crippen LogP contribution is 2.29. The van der Waals surface area contributed by atoms with Crippen molar-refractivity contribution >= 4 is 40.9 Å². The maximum Gasteiger partial charge on any atom is 0.414 e. The van der Waals surface area contributed by atoms with Crippen LogP contribution in [0.15, 0.2) is 48.5 Å². The van der Waals surface area contributed by atoms with Gasteiger partial charge >= 0.3 is 6.09 Å². The van der Waals surface area contributed by atoms with Crippen LogP contribution >= 0.6 is 23.2 Å². The lowest BCUT2D eigenvalue weighted by molar-refractivity contribution is -0.121. The van der Waals surface area contributed by atoms with Gasteiger partial charge in [-0.2, -0.15) is 0 Å². The Morgan fingerprint density at radius 3 is 2.65 bits per heavy atom. The second-order valence-electron chi connectivity index (χ2n) is 6.00. The number of benzene rings is 2. The first-order valence-corrected chi connectivity index (χ1v) is 9.02. The molecule has 1 fully saturated rings. The van der Waals surface area contributed by atoms with Crippen LogP contribution in [0, 0.1) is 0 Å². The first-order chi connectivity index (χ1) is 12.5. The van der Waals surface area contributed by atoms with Crippen molar-refractivity contribution in [3.05, 3.63) is 64.1 Å². The molecule has 3 rings (SSSR count). The monoisotopic (exact) mass is 392 g/mol. The Morgan fingerprint density at radius 2 is 1.92 bits per heavy atom. The average molecular weight is 393 g/mol. The molecular formula is C19H18Cl2N2O3. The number of rotatable bonds is 6. The molecule has 136 valence electrons. The number of nitrogens with one attached hydrogen (secondary N) is 1. The van der Waals surface area contributed by atoms with Gasteiger partial charge in [0.25, 0.3) is 0 Å². The molecule has 1 aliphatic heterocycles. The van der Waals surface area contributed by atoms with E-state index >= 15 is 0 Å².